The van der Waals surface area contributed by atoms with Crippen LogP contribution >= 0.6 is 11.6 Å². The molecule has 0 saturated heterocycles. The second-order valence-corrected chi connectivity index (χ2v) is 7.51. The third-order valence-electron chi connectivity index (χ3n) is 5.73. The maximum absolute atomic E-state index is 13.1. The van der Waals surface area contributed by atoms with E-state index < -0.39 is 0 Å². The Hall–Kier alpha value is -1.06. The van der Waals surface area contributed by atoms with E-state index in [1.807, 2.05) is 17.9 Å². The van der Waals surface area contributed by atoms with Gasteiger partial charge in [-0.1, -0.05) is 11.6 Å². The SMILES string of the molecule is Cc1cc(Cl)ccc1C(=O)N(CCO)C1(C)C[C@H]2CC[C@H]1C2. The Balaban J connectivity index is 1.92. The number of hydrogen-bond donors (Lipinski definition) is 1. The average Bonchev–Trinajstić information content (AvgIpc) is 3.04. The molecule has 2 aliphatic carbocycles. The van der Waals surface area contributed by atoms with E-state index in [4.69, 9.17) is 11.6 Å². The van der Waals surface area contributed by atoms with Crippen molar-refractivity contribution in [3.8, 4) is 0 Å². The Morgan fingerprint density at radius 3 is 2.77 bits per heavy atom. The van der Waals surface area contributed by atoms with Gasteiger partial charge in [-0.15, -0.1) is 0 Å². The van der Waals surface area contributed by atoms with Crippen LogP contribution in [0.2, 0.25) is 5.02 Å². The quantitative estimate of drug-likeness (QED) is 0.919. The average molecular weight is 322 g/mol. The minimum absolute atomic E-state index is 0.00531. The summed E-state index contributed by atoms with van der Waals surface area (Å²) >= 11 is 6.00. The summed E-state index contributed by atoms with van der Waals surface area (Å²) in [7, 11) is 0. The topological polar surface area (TPSA) is 40.5 Å². The molecule has 2 aliphatic rings. The van der Waals surface area contributed by atoms with Crippen molar-refractivity contribution in [2.75, 3.05) is 13.2 Å². The summed E-state index contributed by atoms with van der Waals surface area (Å²) in [5.41, 5.74) is 1.48. The first-order valence-electron chi connectivity index (χ1n) is 8.14. The Kier molecular flexibility index (Phi) is 4.21. The molecule has 2 saturated carbocycles. The number of halogens is 1. The molecule has 2 fully saturated rings. The zero-order valence-corrected chi connectivity index (χ0v) is 14.1. The van der Waals surface area contributed by atoms with E-state index >= 15 is 0 Å². The van der Waals surface area contributed by atoms with Crippen molar-refractivity contribution in [2.45, 2.75) is 45.1 Å². The Bertz CT molecular complexity index is 588. The zero-order chi connectivity index (χ0) is 15.9. The van der Waals surface area contributed by atoms with Gasteiger partial charge in [0.2, 0.25) is 0 Å². The summed E-state index contributed by atoms with van der Waals surface area (Å²) in [6, 6.07) is 5.40. The third-order valence-corrected chi connectivity index (χ3v) is 5.96. The van der Waals surface area contributed by atoms with Gasteiger partial charge in [-0.25, -0.2) is 0 Å². The second-order valence-electron chi connectivity index (χ2n) is 7.08. The maximum atomic E-state index is 13.1. The lowest BCUT2D eigenvalue weighted by atomic mass is 9.80. The van der Waals surface area contributed by atoms with Gasteiger partial charge in [0.1, 0.15) is 0 Å². The van der Waals surface area contributed by atoms with Gasteiger partial charge >= 0.3 is 0 Å². The first-order chi connectivity index (χ1) is 10.5. The van der Waals surface area contributed by atoms with E-state index in [0.29, 0.717) is 23.0 Å². The van der Waals surface area contributed by atoms with E-state index in [1.165, 1.54) is 19.3 Å². The van der Waals surface area contributed by atoms with Gasteiger partial charge in [-0.3, -0.25) is 4.79 Å². The number of amides is 1. The van der Waals surface area contributed by atoms with Crippen LogP contribution in [0.3, 0.4) is 0 Å². The van der Waals surface area contributed by atoms with Gasteiger partial charge < -0.3 is 10.0 Å². The van der Waals surface area contributed by atoms with Crippen LogP contribution in [0.25, 0.3) is 0 Å². The van der Waals surface area contributed by atoms with Gasteiger partial charge in [0.25, 0.3) is 5.91 Å². The van der Waals surface area contributed by atoms with Crippen LogP contribution in [0, 0.1) is 18.8 Å². The first kappa shape index (κ1) is 15.8. The van der Waals surface area contributed by atoms with Crippen LogP contribution in [0.5, 0.6) is 0 Å². The molecule has 1 amide bonds. The normalized spacial score (nSPS) is 29.8. The maximum Gasteiger partial charge on any atom is 0.254 e. The van der Waals surface area contributed by atoms with Crippen LogP contribution in [0.15, 0.2) is 18.2 Å². The lowest BCUT2D eigenvalue weighted by Gasteiger charge is -2.44. The van der Waals surface area contributed by atoms with Crippen molar-refractivity contribution >= 4 is 17.5 Å². The van der Waals surface area contributed by atoms with Crippen molar-refractivity contribution in [3.63, 3.8) is 0 Å². The monoisotopic (exact) mass is 321 g/mol. The molecule has 1 aromatic rings. The minimum Gasteiger partial charge on any atom is -0.395 e. The molecule has 1 unspecified atom stereocenters. The summed E-state index contributed by atoms with van der Waals surface area (Å²) in [6.45, 7) is 4.53. The molecular formula is C18H24ClNO2. The number of carbonyl (C=O) groups is 1. The number of nitrogens with zero attached hydrogens (tertiary/aromatic N) is 1. The lowest BCUT2D eigenvalue weighted by Crippen LogP contribution is -2.54. The fourth-order valence-electron chi connectivity index (χ4n) is 4.61. The number of fused-ring (bicyclic) bond motifs is 2. The van der Waals surface area contributed by atoms with Gasteiger partial charge in [-0.05, 0) is 75.1 Å². The molecule has 120 valence electrons. The van der Waals surface area contributed by atoms with Crippen LogP contribution in [0.1, 0.15) is 48.5 Å². The number of benzene rings is 1. The van der Waals surface area contributed by atoms with Gasteiger partial charge in [0, 0.05) is 22.7 Å². The van der Waals surface area contributed by atoms with E-state index in [1.54, 1.807) is 12.1 Å². The molecule has 0 heterocycles. The summed E-state index contributed by atoms with van der Waals surface area (Å²) in [4.78, 5) is 15.0. The van der Waals surface area contributed by atoms with Gasteiger partial charge in [-0.2, -0.15) is 0 Å². The van der Waals surface area contributed by atoms with Crippen LogP contribution < -0.4 is 0 Å². The number of carbonyl (C=O) groups excluding carboxylic acids is 1. The number of hydrogen-bond acceptors (Lipinski definition) is 2. The molecule has 1 N–H and O–H groups in total. The van der Waals surface area contributed by atoms with Crippen LogP contribution in [-0.4, -0.2) is 34.6 Å². The fraction of sp³-hybridized carbons (Fsp3) is 0.611. The Morgan fingerprint density at radius 2 is 2.23 bits per heavy atom. The van der Waals surface area contributed by atoms with E-state index in [0.717, 1.165) is 17.9 Å². The molecule has 0 spiro atoms. The molecule has 3 nitrogen and oxygen atoms in total. The van der Waals surface area contributed by atoms with Crippen LogP contribution in [0.4, 0.5) is 0 Å². The first-order valence-corrected chi connectivity index (χ1v) is 8.52. The van der Waals surface area contributed by atoms with Crippen molar-refractivity contribution in [1.82, 2.24) is 4.90 Å². The summed E-state index contributed by atoms with van der Waals surface area (Å²) in [5.74, 6) is 1.34. The van der Waals surface area contributed by atoms with Crippen LogP contribution in [-0.2, 0) is 0 Å². The summed E-state index contributed by atoms with van der Waals surface area (Å²) < 4.78 is 0. The number of β-amino-alcohol motifs (C(OH)–C–C–N with tert-alkyl or cyclic N) is 1. The third kappa shape index (κ3) is 2.55. The van der Waals surface area contributed by atoms with Crippen molar-refractivity contribution in [3.05, 3.63) is 34.3 Å². The molecule has 22 heavy (non-hydrogen) atoms. The summed E-state index contributed by atoms with van der Waals surface area (Å²) in [5, 5.41) is 10.1. The number of aryl methyl sites for hydroxylation is 1. The number of aliphatic hydroxyl groups is 1. The predicted octanol–water partition coefficient (Wildman–Crippen LogP) is 3.66. The highest BCUT2D eigenvalue weighted by Gasteiger charge is 2.52. The van der Waals surface area contributed by atoms with Gasteiger partial charge in [0.05, 0.1) is 6.61 Å². The highest BCUT2D eigenvalue weighted by Crippen LogP contribution is 2.53. The van der Waals surface area contributed by atoms with E-state index in [-0.39, 0.29) is 18.1 Å². The molecule has 1 aromatic carbocycles. The van der Waals surface area contributed by atoms with Crippen molar-refractivity contribution in [2.24, 2.45) is 11.8 Å². The Morgan fingerprint density at radius 1 is 1.45 bits per heavy atom. The van der Waals surface area contributed by atoms with Crippen molar-refractivity contribution in [1.29, 1.82) is 0 Å². The Labute approximate surface area is 137 Å². The molecule has 0 aromatic heterocycles. The van der Waals surface area contributed by atoms with E-state index in [9.17, 15) is 9.90 Å². The predicted molar refractivity (Wildman–Crippen MR) is 88.2 cm³/mol. The zero-order valence-electron chi connectivity index (χ0n) is 13.3. The minimum atomic E-state index is -0.116. The number of aliphatic hydroxyl groups excluding tert-OH is 1. The summed E-state index contributed by atoms with van der Waals surface area (Å²) in [6.07, 6.45) is 4.79. The molecule has 3 rings (SSSR count). The fourth-order valence-corrected chi connectivity index (χ4v) is 4.83. The lowest BCUT2D eigenvalue weighted by molar-refractivity contribution is 0.0263. The molecule has 0 radical (unpaired) electrons. The smallest absolute Gasteiger partial charge is 0.254 e. The molecule has 4 heteroatoms. The second kappa shape index (κ2) is 5.86. The molecule has 3 atom stereocenters. The molecular weight excluding hydrogens is 298 g/mol. The molecule has 2 bridgehead atoms. The van der Waals surface area contributed by atoms with Crippen molar-refractivity contribution < 1.29 is 9.90 Å². The number of rotatable bonds is 4. The van der Waals surface area contributed by atoms with E-state index in [2.05, 4.69) is 6.92 Å². The van der Waals surface area contributed by atoms with Gasteiger partial charge in [0.15, 0.2) is 0 Å². The molecule has 0 aliphatic heterocycles. The highest BCUT2D eigenvalue weighted by atomic mass is 35.5. The standard InChI is InChI=1S/C18H24ClNO2/c1-12-9-15(19)5-6-16(12)17(22)20(7-8-21)18(2)11-13-3-4-14(18)10-13/h5-6,9,13-14,21H,3-4,7-8,10-11H2,1-2H3/t13-,14-,18?/m0/s1. The largest absolute Gasteiger partial charge is 0.395 e. The highest BCUT2D eigenvalue weighted by molar-refractivity contribution is 6.30.